The van der Waals surface area contributed by atoms with Gasteiger partial charge >= 0.3 is 0 Å². The van der Waals surface area contributed by atoms with E-state index in [0.29, 0.717) is 23.8 Å². The smallest absolute Gasteiger partial charge is 0.126 e. The first-order valence-electron chi connectivity index (χ1n) is 4.86. The zero-order chi connectivity index (χ0) is 10.4. The molecular formula is C9H24AlP3. The molecule has 0 unspecified atom stereocenters. The van der Waals surface area contributed by atoms with E-state index in [9.17, 15) is 0 Å². The first-order chi connectivity index (χ1) is 5.91. The predicted octanol–water partition coefficient (Wildman–Crippen LogP) is 3.32. The molecule has 0 aromatic rings. The zero-order valence-corrected chi connectivity index (χ0v) is 13.9. The van der Waals surface area contributed by atoms with Crippen LogP contribution in [0.25, 0.3) is 0 Å². The monoisotopic (exact) mass is 252 g/mol. The van der Waals surface area contributed by atoms with Gasteiger partial charge in [0.05, 0.1) is 0 Å². The molecule has 78 valence electrons. The summed E-state index contributed by atoms with van der Waals surface area (Å²) in [5, 5.41) is 4.95. The summed E-state index contributed by atoms with van der Waals surface area (Å²) >= 11 is -0.321. The molecule has 4 heteroatoms. The Morgan fingerprint density at radius 2 is 0.846 bits per heavy atom. The Morgan fingerprint density at radius 1 is 0.615 bits per heavy atom. The van der Waals surface area contributed by atoms with Crippen molar-refractivity contribution in [2.24, 2.45) is 0 Å². The molecule has 0 radical (unpaired) electrons. The Morgan fingerprint density at radius 3 is 1.00 bits per heavy atom. The van der Waals surface area contributed by atoms with E-state index in [1.807, 2.05) is 0 Å². The molecule has 0 saturated carbocycles. The summed E-state index contributed by atoms with van der Waals surface area (Å²) < 4.78 is 0. The second kappa shape index (κ2) is 8.03. The third kappa shape index (κ3) is 10.1. The summed E-state index contributed by atoms with van der Waals surface area (Å²) in [7, 11) is 1.14. The van der Waals surface area contributed by atoms with Crippen molar-refractivity contribution in [3.8, 4) is 0 Å². The fraction of sp³-hybridized carbons (Fsp3) is 1.00. The van der Waals surface area contributed by atoms with E-state index >= 15 is 0 Å². The van der Waals surface area contributed by atoms with Gasteiger partial charge in [-0.05, 0) is 40.0 Å². The fourth-order valence-corrected chi connectivity index (χ4v) is 18.6. The van der Waals surface area contributed by atoms with E-state index in [1.165, 1.54) is 0 Å². The lowest BCUT2D eigenvalue weighted by Crippen LogP contribution is -2.26. The van der Waals surface area contributed by atoms with Crippen LogP contribution in [-0.4, -0.2) is 69.2 Å². The third-order valence-electron chi connectivity index (χ3n) is 1.87. The molecule has 13 heavy (non-hydrogen) atoms. The minimum Gasteiger partial charge on any atom is -0.126 e. The summed E-state index contributed by atoms with van der Waals surface area (Å²) in [4.78, 5) is 0. The highest BCUT2D eigenvalue weighted by Crippen LogP contribution is 2.35. The quantitative estimate of drug-likeness (QED) is 0.502. The summed E-state index contributed by atoms with van der Waals surface area (Å²) in [5.74, 6) is 0. The van der Waals surface area contributed by atoms with Gasteiger partial charge in [-0.2, -0.15) is 0 Å². The normalized spacial score (nSPS) is 11.8. The van der Waals surface area contributed by atoms with Crippen LogP contribution in [-0.2, 0) is 0 Å². The first kappa shape index (κ1) is 14.8. The molecule has 0 heterocycles. The minimum atomic E-state index is -0.321. The average molecular weight is 252 g/mol. The van der Waals surface area contributed by atoms with Gasteiger partial charge in [0, 0.05) is 0 Å². The minimum absolute atomic E-state index is 0.321. The predicted molar refractivity (Wildman–Crippen MR) is 76.7 cm³/mol. The van der Waals surface area contributed by atoms with Crippen LogP contribution in [0, 0.1) is 0 Å². The van der Waals surface area contributed by atoms with Gasteiger partial charge in [-0.3, -0.25) is 0 Å². The molecular weight excluding hydrogens is 228 g/mol. The van der Waals surface area contributed by atoms with Crippen molar-refractivity contribution in [3.63, 3.8) is 0 Å². The van der Waals surface area contributed by atoms with Gasteiger partial charge in [-0.15, -0.1) is 23.8 Å². The van der Waals surface area contributed by atoms with Crippen molar-refractivity contribution in [1.82, 2.24) is 0 Å². The Balaban J connectivity index is 3.87. The second-order valence-corrected chi connectivity index (χ2v) is 17.2. The van der Waals surface area contributed by atoms with Crippen LogP contribution >= 0.6 is 23.8 Å². The number of rotatable bonds is 6. The van der Waals surface area contributed by atoms with Crippen molar-refractivity contribution in [2.45, 2.75) is 0 Å². The molecule has 0 aromatic carbocycles. The Labute approximate surface area is 92.9 Å². The highest BCUT2D eigenvalue weighted by molar-refractivity contribution is 7.64. The Hall–Kier alpha value is 1.82. The summed E-state index contributed by atoms with van der Waals surface area (Å²) in [6.07, 6.45) is 0. The van der Waals surface area contributed by atoms with Crippen molar-refractivity contribution < 1.29 is 0 Å². The van der Waals surface area contributed by atoms with Gasteiger partial charge < -0.3 is 0 Å². The van der Waals surface area contributed by atoms with Gasteiger partial charge in [-0.1, -0.05) is 15.1 Å². The van der Waals surface area contributed by atoms with Gasteiger partial charge in [0.1, 0.15) is 0 Å². The molecule has 0 aromatic heterocycles. The lowest BCUT2D eigenvalue weighted by atomic mass is 11.7. The Bertz CT molecular complexity index is 102. The maximum Gasteiger partial charge on any atom is 0.276 e. The van der Waals surface area contributed by atoms with Crippen LogP contribution < -0.4 is 0 Å². The van der Waals surface area contributed by atoms with Crippen LogP contribution in [0.5, 0.6) is 0 Å². The summed E-state index contributed by atoms with van der Waals surface area (Å²) in [6, 6.07) is 0. The molecule has 0 bridgehead atoms. The van der Waals surface area contributed by atoms with Crippen LogP contribution in [0.4, 0.5) is 0 Å². The largest absolute Gasteiger partial charge is 0.276 e. The molecule has 0 fully saturated rings. The van der Waals surface area contributed by atoms with E-state index in [-0.39, 0.29) is 14.1 Å². The van der Waals surface area contributed by atoms with E-state index in [1.54, 1.807) is 15.1 Å². The van der Waals surface area contributed by atoms with Gasteiger partial charge in [0.25, 0.3) is 14.1 Å². The van der Waals surface area contributed by atoms with Crippen molar-refractivity contribution in [3.05, 3.63) is 0 Å². The molecule has 0 N–H and O–H groups in total. The summed E-state index contributed by atoms with van der Waals surface area (Å²) in [5.41, 5.74) is 0. The topological polar surface area (TPSA) is 0 Å². The Kier molecular flexibility index (Phi) is 9.16. The molecule has 0 atom stereocenters. The van der Waals surface area contributed by atoms with E-state index < -0.39 is 0 Å². The van der Waals surface area contributed by atoms with E-state index in [0.717, 1.165) is 0 Å². The molecule has 0 rings (SSSR count). The van der Waals surface area contributed by atoms with Gasteiger partial charge in [0.15, 0.2) is 0 Å². The summed E-state index contributed by atoms with van der Waals surface area (Å²) in [6.45, 7) is 14.7. The van der Waals surface area contributed by atoms with Crippen LogP contribution in [0.2, 0.25) is 0 Å². The lowest BCUT2D eigenvalue weighted by molar-refractivity contribution is 1.71. The van der Waals surface area contributed by atoms with Crippen LogP contribution in [0.3, 0.4) is 0 Å². The third-order valence-corrected chi connectivity index (χ3v) is 16.8. The van der Waals surface area contributed by atoms with Crippen molar-refractivity contribution in [2.75, 3.05) is 55.1 Å². The SMILES string of the molecule is CP(C)[CH2][Al]([CH2]P(C)C)[CH2]P(C)C. The maximum absolute atomic E-state index is 2.45. The highest BCUT2D eigenvalue weighted by Gasteiger charge is 2.20. The molecule has 0 aliphatic heterocycles. The van der Waals surface area contributed by atoms with Gasteiger partial charge in [0.2, 0.25) is 0 Å². The van der Waals surface area contributed by atoms with E-state index in [2.05, 4.69) is 40.0 Å². The highest BCUT2D eigenvalue weighted by atomic mass is 31.1. The van der Waals surface area contributed by atoms with Gasteiger partial charge in [-0.25, -0.2) is 0 Å². The average Bonchev–Trinajstić information content (AvgIpc) is 1.80. The standard InChI is InChI=1S/3C3H8P.Al/c3*1-4(2)3;/h3*1H2,2-3H3;. The molecule has 0 aliphatic carbocycles. The first-order valence-corrected chi connectivity index (χ1v) is 14.6. The van der Waals surface area contributed by atoms with E-state index in [4.69, 9.17) is 0 Å². The molecule has 0 spiro atoms. The van der Waals surface area contributed by atoms with Crippen molar-refractivity contribution >= 4 is 37.9 Å². The molecule has 0 aliphatic rings. The maximum atomic E-state index is 2.45. The fourth-order valence-electron chi connectivity index (χ4n) is 1.72. The van der Waals surface area contributed by atoms with Crippen LogP contribution in [0.15, 0.2) is 0 Å². The lowest BCUT2D eigenvalue weighted by Gasteiger charge is -2.18. The molecule has 0 nitrogen and oxygen atoms in total. The molecule has 0 saturated heterocycles. The van der Waals surface area contributed by atoms with Crippen molar-refractivity contribution in [1.29, 1.82) is 0 Å². The number of hydrogen-bond acceptors (Lipinski definition) is 0. The zero-order valence-electron chi connectivity index (χ0n) is 10.0. The second-order valence-electron chi connectivity index (χ2n) is 4.65. The molecule has 0 amide bonds. The van der Waals surface area contributed by atoms with Crippen LogP contribution in [0.1, 0.15) is 0 Å². The number of hydrogen-bond donors (Lipinski definition) is 0.